The van der Waals surface area contributed by atoms with Gasteiger partial charge >= 0.3 is 0 Å². The summed E-state index contributed by atoms with van der Waals surface area (Å²) in [5.74, 6) is 1.07. The van der Waals surface area contributed by atoms with E-state index < -0.39 is 5.91 Å². The topological polar surface area (TPSA) is 108 Å². The number of nitrogens with one attached hydrogen (secondary N) is 1. The minimum atomic E-state index is -0.481. The first-order valence-electron chi connectivity index (χ1n) is 10.7. The fourth-order valence-corrected chi connectivity index (χ4v) is 3.51. The molecule has 0 atom stereocenters. The van der Waals surface area contributed by atoms with Crippen LogP contribution in [0.5, 0.6) is 11.5 Å². The highest BCUT2D eigenvalue weighted by Gasteiger charge is 2.26. The summed E-state index contributed by atoms with van der Waals surface area (Å²) in [7, 11) is 1.57. The second kappa shape index (κ2) is 10.2. The zero-order valence-corrected chi connectivity index (χ0v) is 18.6. The molecule has 1 aromatic carbocycles. The number of morpholine rings is 1. The number of hydrogen-bond donors (Lipinski definition) is 1. The van der Waals surface area contributed by atoms with Crippen molar-refractivity contribution in [3.63, 3.8) is 0 Å². The third-order valence-electron chi connectivity index (χ3n) is 5.21. The number of ether oxygens (including phenoxy) is 3. The summed E-state index contributed by atoms with van der Waals surface area (Å²) in [5, 5.41) is 6.99. The van der Waals surface area contributed by atoms with E-state index in [0.29, 0.717) is 61.5 Å². The quantitative estimate of drug-likeness (QED) is 0.558. The van der Waals surface area contributed by atoms with E-state index in [4.69, 9.17) is 18.6 Å². The van der Waals surface area contributed by atoms with Crippen molar-refractivity contribution in [1.82, 2.24) is 14.7 Å². The maximum atomic E-state index is 13.1. The minimum absolute atomic E-state index is 0.0997. The number of para-hydroxylation sites is 2. The minimum Gasteiger partial charge on any atom is -0.493 e. The van der Waals surface area contributed by atoms with Gasteiger partial charge < -0.3 is 28.8 Å². The van der Waals surface area contributed by atoms with Crippen molar-refractivity contribution in [2.24, 2.45) is 0 Å². The van der Waals surface area contributed by atoms with E-state index in [0.717, 1.165) is 0 Å². The van der Waals surface area contributed by atoms with E-state index in [-0.39, 0.29) is 18.3 Å². The van der Waals surface area contributed by atoms with Crippen LogP contribution in [0.3, 0.4) is 0 Å². The van der Waals surface area contributed by atoms with E-state index >= 15 is 0 Å². The number of aryl methyl sites for hydroxylation is 1. The molecule has 174 valence electrons. The van der Waals surface area contributed by atoms with Crippen molar-refractivity contribution in [3.8, 4) is 11.5 Å². The zero-order chi connectivity index (χ0) is 23.2. The van der Waals surface area contributed by atoms with Gasteiger partial charge in [0.1, 0.15) is 18.1 Å². The van der Waals surface area contributed by atoms with Crippen LogP contribution in [0.15, 0.2) is 47.0 Å². The molecule has 1 saturated heterocycles. The summed E-state index contributed by atoms with van der Waals surface area (Å²) in [5.41, 5.74) is 0.667. The van der Waals surface area contributed by atoms with Crippen molar-refractivity contribution in [1.29, 1.82) is 0 Å². The highest BCUT2D eigenvalue weighted by atomic mass is 16.5. The molecule has 1 N–H and O–H groups in total. The number of nitrogens with zero attached hydrogens (tertiary/aromatic N) is 3. The summed E-state index contributed by atoms with van der Waals surface area (Å²) < 4.78 is 23.5. The van der Waals surface area contributed by atoms with Gasteiger partial charge in [0.05, 0.1) is 32.2 Å². The number of hydrogen-bond acceptors (Lipinski definition) is 7. The maximum Gasteiger partial charge on any atom is 0.291 e. The van der Waals surface area contributed by atoms with Crippen molar-refractivity contribution in [2.75, 3.05) is 38.7 Å². The van der Waals surface area contributed by atoms with Crippen LogP contribution in [0.4, 0.5) is 5.69 Å². The molecule has 0 saturated carbocycles. The molecule has 1 aliphatic rings. The van der Waals surface area contributed by atoms with Crippen molar-refractivity contribution in [3.05, 3.63) is 59.8 Å². The lowest BCUT2D eigenvalue weighted by atomic mass is 10.2. The molecule has 0 bridgehead atoms. The van der Waals surface area contributed by atoms with Gasteiger partial charge in [-0.15, -0.1) is 0 Å². The van der Waals surface area contributed by atoms with Crippen LogP contribution in [-0.2, 0) is 17.9 Å². The standard InChI is InChI=1S/C23H26N4O6/c1-3-27-21(23(29)26-10-12-31-13-11-26)17(14-24-27)25-22(28)20-9-8-16(33-20)15-32-19-7-5-4-6-18(19)30-2/h4-9,14H,3,10-13,15H2,1-2H3,(H,25,28). The molecule has 2 aromatic heterocycles. The number of amides is 2. The monoisotopic (exact) mass is 454 g/mol. The molecular formula is C23H26N4O6. The predicted molar refractivity (Wildman–Crippen MR) is 119 cm³/mol. The number of aromatic nitrogens is 2. The lowest BCUT2D eigenvalue weighted by Crippen LogP contribution is -2.41. The van der Waals surface area contributed by atoms with Crippen LogP contribution in [-0.4, -0.2) is 59.9 Å². The number of anilines is 1. The average molecular weight is 454 g/mol. The Balaban J connectivity index is 1.44. The van der Waals surface area contributed by atoms with E-state index in [2.05, 4.69) is 10.4 Å². The van der Waals surface area contributed by atoms with Crippen molar-refractivity contribution >= 4 is 17.5 Å². The first kappa shape index (κ1) is 22.4. The molecule has 0 radical (unpaired) electrons. The Hall–Kier alpha value is -3.79. The molecule has 0 aliphatic carbocycles. The molecule has 4 rings (SSSR count). The van der Waals surface area contributed by atoms with E-state index in [9.17, 15) is 9.59 Å². The summed E-state index contributed by atoms with van der Waals surface area (Å²) in [6.45, 7) is 4.47. The van der Waals surface area contributed by atoms with Crippen LogP contribution >= 0.6 is 0 Å². The highest BCUT2D eigenvalue weighted by Crippen LogP contribution is 2.27. The van der Waals surface area contributed by atoms with Gasteiger partial charge in [0, 0.05) is 19.6 Å². The number of carbonyl (C=O) groups excluding carboxylic acids is 2. The molecule has 10 nitrogen and oxygen atoms in total. The van der Waals surface area contributed by atoms with Crippen LogP contribution in [0.2, 0.25) is 0 Å². The summed E-state index contributed by atoms with van der Waals surface area (Å²) in [6.07, 6.45) is 1.48. The van der Waals surface area contributed by atoms with Gasteiger partial charge in [-0.2, -0.15) is 5.10 Å². The van der Waals surface area contributed by atoms with Crippen LogP contribution in [0.25, 0.3) is 0 Å². The van der Waals surface area contributed by atoms with Crippen molar-refractivity contribution < 1.29 is 28.2 Å². The summed E-state index contributed by atoms with van der Waals surface area (Å²) in [6, 6.07) is 10.5. The zero-order valence-electron chi connectivity index (χ0n) is 18.6. The van der Waals surface area contributed by atoms with Crippen LogP contribution in [0.1, 0.15) is 33.7 Å². The Kier molecular flexibility index (Phi) is 6.94. The number of methoxy groups -OCH3 is 1. The molecule has 1 fully saturated rings. The first-order valence-corrected chi connectivity index (χ1v) is 10.7. The molecule has 1 aliphatic heterocycles. The Labute approximate surface area is 191 Å². The number of furan rings is 1. The summed E-state index contributed by atoms with van der Waals surface area (Å²) in [4.78, 5) is 27.6. The smallest absolute Gasteiger partial charge is 0.291 e. The molecular weight excluding hydrogens is 428 g/mol. The molecule has 0 spiro atoms. The average Bonchev–Trinajstić information content (AvgIpc) is 3.50. The molecule has 0 unspecified atom stereocenters. The Morgan fingerprint density at radius 2 is 1.88 bits per heavy atom. The van der Waals surface area contributed by atoms with Gasteiger partial charge in [-0.05, 0) is 31.2 Å². The van der Waals surface area contributed by atoms with Gasteiger partial charge in [0.2, 0.25) is 0 Å². The molecule has 10 heteroatoms. The van der Waals surface area contributed by atoms with E-state index in [1.54, 1.807) is 41.0 Å². The molecule has 33 heavy (non-hydrogen) atoms. The molecule has 3 aromatic rings. The number of benzene rings is 1. The normalized spacial score (nSPS) is 13.6. The largest absolute Gasteiger partial charge is 0.493 e. The Bertz CT molecular complexity index is 1120. The third-order valence-corrected chi connectivity index (χ3v) is 5.21. The van der Waals surface area contributed by atoms with E-state index in [1.807, 2.05) is 19.1 Å². The van der Waals surface area contributed by atoms with E-state index in [1.165, 1.54) is 6.20 Å². The van der Waals surface area contributed by atoms with Gasteiger partial charge in [0.15, 0.2) is 17.3 Å². The lowest BCUT2D eigenvalue weighted by molar-refractivity contribution is 0.0295. The van der Waals surface area contributed by atoms with Crippen molar-refractivity contribution in [2.45, 2.75) is 20.1 Å². The second-order valence-electron chi connectivity index (χ2n) is 7.29. The summed E-state index contributed by atoms with van der Waals surface area (Å²) >= 11 is 0. The van der Waals surface area contributed by atoms with Gasteiger partial charge in [0.25, 0.3) is 11.8 Å². The fraction of sp³-hybridized carbons (Fsp3) is 0.348. The Morgan fingerprint density at radius 1 is 1.12 bits per heavy atom. The molecule has 3 heterocycles. The highest BCUT2D eigenvalue weighted by molar-refractivity contribution is 6.07. The maximum absolute atomic E-state index is 13.1. The number of rotatable bonds is 8. The lowest BCUT2D eigenvalue weighted by Gasteiger charge is -2.27. The van der Waals surface area contributed by atoms with Gasteiger partial charge in [-0.1, -0.05) is 12.1 Å². The first-order chi connectivity index (χ1) is 16.1. The predicted octanol–water partition coefficient (Wildman–Crippen LogP) is 2.81. The number of carbonyl (C=O) groups is 2. The third kappa shape index (κ3) is 5.01. The SMILES string of the molecule is CCn1ncc(NC(=O)c2ccc(COc3ccccc3OC)o2)c1C(=O)N1CCOCC1. The van der Waals surface area contributed by atoms with Gasteiger partial charge in [-0.25, -0.2) is 0 Å². The van der Waals surface area contributed by atoms with Crippen LogP contribution in [0, 0.1) is 0 Å². The van der Waals surface area contributed by atoms with Gasteiger partial charge in [-0.3, -0.25) is 14.3 Å². The Morgan fingerprint density at radius 3 is 2.61 bits per heavy atom. The second-order valence-corrected chi connectivity index (χ2v) is 7.29. The fourth-order valence-electron chi connectivity index (χ4n) is 3.51. The molecule has 2 amide bonds. The van der Waals surface area contributed by atoms with Crippen LogP contribution < -0.4 is 14.8 Å².